The Labute approximate surface area is 154 Å². The predicted octanol–water partition coefficient (Wildman–Crippen LogP) is 0.274. The highest BCUT2D eigenvalue weighted by Gasteiger charge is 2.77. The van der Waals surface area contributed by atoms with Gasteiger partial charge in [0.2, 0.25) is 5.78 Å². The molecule has 3 rings (SSSR count). The Kier molecular flexibility index (Phi) is 4.56. The molecule has 1 aliphatic heterocycles. The minimum atomic E-state index is -2.32. The van der Waals surface area contributed by atoms with Crippen molar-refractivity contribution in [3.63, 3.8) is 0 Å². The number of hydrogen-bond acceptors (Lipinski definition) is 8. The molecule has 3 atom stereocenters. The second kappa shape index (κ2) is 6.46. The van der Waals surface area contributed by atoms with Gasteiger partial charge in [0.1, 0.15) is 11.7 Å². The van der Waals surface area contributed by atoms with E-state index in [9.17, 15) is 34.9 Å². The van der Waals surface area contributed by atoms with Crippen molar-refractivity contribution in [1.29, 1.82) is 0 Å². The molecule has 10 heteroatoms. The van der Waals surface area contributed by atoms with Crippen LogP contribution in [-0.4, -0.2) is 63.2 Å². The van der Waals surface area contributed by atoms with Crippen molar-refractivity contribution in [2.75, 3.05) is 26.2 Å². The molecule has 144 valence electrons. The third-order valence-corrected chi connectivity index (χ3v) is 5.67. The number of nitrogens with zero attached hydrogens (tertiary/aromatic N) is 3. The molecular formula is C17H19N3O7. The molecule has 0 saturated carbocycles. The summed E-state index contributed by atoms with van der Waals surface area (Å²) in [5, 5.41) is 33.8. The molecule has 1 heterocycles. The van der Waals surface area contributed by atoms with E-state index in [0.29, 0.717) is 0 Å². The quantitative estimate of drug-likeness (QED) is 0.549. The monoisotopic (exact) mass is 377 g/mol. The molecule has 0 unspecified atom stereocenters. The summed E-state index contributed by atoms with van der Waals surface area (Å²) in [6.07, 6.45) is -0.449. The molecule has 1 N–H and O–H groups in total. The summed E-state index contributed by atoms with van der Waals surface area (Å²) < 4.78 is 0. The number of carbonyl (C=O) groups excluding carboxylic acids is 2. The lowest BCUT2D eigenvalue weighted by Crippen LogP contribution is -2.75. The van der Waals surface area contributed by atoms with Crippen molar-refractivity contribution in [2.45, 2.75) is 24.4 Å². The van der Waals surface area contributed by atoms with E-state index in [1.165, 1.54) is 36.1 Å². The Hall–Kier alpha value is -2.72. The highest BCUT2D eigenvalue weighted by Crippen LogP contribution is 2.53. The second-order valence-corrected chi connectivity index (χ2v) is 7.13. The number of carbonyl (C=O) groups is 2. The number of β-amino-alcohol motifs (C(OH)–C–C–N with tert-alkyl or cyclic N) is 1. The van der Waals surface area contributed by atoms with Gasteiger partial charge in [0.15, 0.2) is 0 Å². The molecule has 1 aliphatic carbocycles. The maximum absolute atomic E-state index is 13.2. The van der Waals surface area contributed by atoms with E-state index in [0.717, 1.165) is 0 Å². The zero-order valence-electron chi connectivity index (χ0n) is 14.7. The summed E-state index contributed by atoms with van der Waals surface area (Å²) in [7, 11) is 0. The average Bonchev–Trinajstić information content (AvgIpc) is 2.60. The van der Waals surface area contributed by atoms with E-state index in [2.05, 4.69) is 0 Å². The van der Waals surface area contributed by atoms with Crippen molar-refractivity contribution in [3.8, 4) is 0 Å². The van der Waals surface area contributed by atoms with Gasteiger partial charge in [0.25, 0.3) is 5.54 Å². The first-order valence-electron chi connectivity index (χ1n) is 8.47. The Morgan fingerprint density at radius 1 is 1.22 bits per heavy atom. The first kappa shape index (κ1) is 19.1. The summed E-state index contributed by atoms with van der Waals surface area (Å²) >= 11 is 0. The van der Waals surface area contributed by atoms with Crippen molar-refractivity contribution in [3.05, 3.63) is 55.6 Å². The van der Waals surface area contributed by atoms with Crippen LogP contribution in [0, 0.1) is 26.1 Å². The molecule has 1 aromatic carbocycles. The summed E-state index contributed by atoms with van der Waals surface area (Å²) in [5.74, 6) is -2.69. The van der Waals surface area contributed by atoms with Crippen LogP contribution in [0.15, 0.2) is 24.3 Å². The Balaban J connectivity index is 2.39. The highest BCUT2D eigenvalue weighted by molar-refractivity contribution is 6.06. The van der Waals surface area contributed by atoms with Gasteiger partial charge in [-0.25, -0.2) is 0 Å². The lowest BCUT2D eigenvalue weighted by Gasteiger charge is -2.50. The van der Waals surface area contributed by atoms with Crippen LogP contribution >= 0.6 is 0 Å². The lowest BCUT2D eigenvalue weighted by atomic mass is 9.56. The van der Waals surface area contributed by atoms with Crippen molar-refractivity contribution >= 4 is 11.6 Å². The fourth-order valence-electron chi connectivity index (χ4n) is 4.62. The van der Waals surface area contributed by atoms with Crippen LogP contribution in [0.5, 0.6) is 0 Å². The van der Waals surface area contributed by atoms with Crippen LogP contribution in [0.25, 0.3) is 0 Å². The van der Waals surface area contributed by atoms with E-state index < -0.39 is 44.8 Å². The van der Waals surface area contributed by atoms with Crippen LogP contribution in [0.3, 0.4) is 0 Å². The first-order chi connectivity index (χ1) is 12.7. The Bertz CT molecular complexity index is 842. The van der Waals surface area contributed by atoms with Crippen LogP contribution in [0.1, 0.15) is 29.3 Å². The number of ketones is 2. The number of likely N-dealkylation sites (tertiary alicyclic amines) is 1. The van der Waals surface area contributed by atoms with Gasteiger partial charge in [0.05, 0.1) is 19.7 Å². The largest absolute Gasteiger partial charge is 0.395 e. The molecule has 1 saturated heterocycles. The van der Waals surface area contributed by atoms with Crippen LogP contribution in [0.4, 0.5) is 0 Å². The van der Waals surface area contributed by atoms with E-state index in [1.807, 2.05) is 0 Å². The summed E-state index contributed by atoms with van der Waals surface area (Å²) in [6, 6.07) is 5.83. The maximum Gasteiger partial charge on any atom is 0.306 e. The third kappa shape index (κ3) is 2.47. The fraction of sp³-hybridized carbons (Fsp3) is 0.529. The lowest BCUT2D eigenvalue weighted by molar-refractivity contribution is -0.640. The van der Waals surface area contributed by atoms with Gasteiger partial charge >= 0.3 is 5.54 Å². The van der Waals surface area contributed by atoms with Crippen LogP contribution in [-0.2, 0) is 10.3 Å². The van der Waals surface area contributed by atoms with Gasteiger partial charge in [-0.15, -0.1) is 0 Å². The zero-order chi connectivity index (χ0) is 20.0. The van der Waals surface area contributed by atoms with Crippen molar-refractivity contribution < 1.29 is 24.5 Å². The van der Waals surface area contributed by atoms with Gasteiger partial charge in [-0.3, -0.25) is 29.9 Å². The number of benzene rings is 1. The number of aliphatic hydroxyl groups is 1. The van der Waals surface area contributed by atoms with Crippen LogP contribution in [0.2, 0.25) is 0 Å². The normalized spacial score (nSPS) is 29.9. The molecule has 0 radical (unpaired) electrons. The minimum Gasteiger partial charge on any atom is -0.395 e. The number of piperidine rings is 1. The van der Waals surface area contributed by atoms with E-state index in [4.69, 9.17) is 0 Å². The Morgan fingerprint density at radius 3 is 2.37 bits per heavy atom. The van der Waals surface area contributed by atoms with Crippen molar-refractivity contribution in [2.24, 2.45) is 5.92 Å². The van der Waals surface area contributed by atoms with E-state index in [1.54, 1.807) is 0 Å². The topological polar surface area (TPSA) is 144 Å². The minimum absolute atomic E-state index is 0.0469. The average molecular weight is 377 g/mol. The van der Waals surface area contributed by atoms with Gasteiger partial charge < -0.3 is 9.90 Å². The number of aliphatic hydroxyl groups excluding tert-OH is 1. The molecule has 2 aliphatic rings. The van der Waals surface area contributed by atoms with Crippen LogP contribution < -0.4 is 0 Å². The number of Topliss-reactive ketones (excluding diaryl/α,β-unsaturated/α-hetero) is 2. The fourth-order valence-corrected chi connectivity index (χ4v) is 4.62. The summed E-state index contributed by atoms with van der Waals surface area (Å²) in [5.41, 5.74) is -4.27. The molecule has 0 aromatic heterocycles. The number of fused-ring (bicyclic) bond motifs is 4. The van der Waals surface area contributed by atoms with E-state index >= 15 is 0 Å². The SMILES string of the molecule is CC(=O)C[C@H]1[C@]2([N+](=O)[O-])CN(CCO)C[C@@]1([N+](=O)[O-])c1ccccc1C2=O. The van der Waals surface area contributed by atoms with E-state index in [-0.39, 0.29) is 37.4 Å². The molecule has 10 nitrogen and oxygen atoms in total. The second-order valence-electron chi connectivity index (χ2n) is 7.13. The Morgan fingerprint density at radius 2 is 1.81 bits per heavy atom. The molecular weight excluding hydrogens is 358 g/mol. The molecule has 0 amide bonds. The molecule has 0 spiro atoms. The third-order valence-electron chi connectivity index (χ3n) is 5.67. The number of nitro groups is 2. The molecule has 2 bridgehead atoms. The first-order valence-corrected chi connectivity index (χ1v) is 8.47. The summed E-state index contributed by atoms with van der Waals surface area (Å²) in [4.78, 5) is 49.6. The van der Waals surface area contributed by atoms with Gasteiger partial charge in [-0.2, -0.15) is 0 Å². The smallest absolute Gasteiger partial charge is 0.306 e. The van der Waals surface area contributed by atoms with Gasteiger partial charge in [-0.1, -0.05) is 24.3 Å². The standard InChI is InChI=1S/C17H19N3O7/c1-11(22)8-14-16(19(24)25)9-18(6-7-21)10-17(14,20(26)27)15(23)12-4-2-3-5-13(12)16/h2-5,14,21H,6-10H2,1H3/t14-,16-,17-/m1/s1. The summed E-state index contributed by atoms with van der Waals surface area (Å²) in [6.45, 7) is 0.176. The van der Waals surface area contributed by atoms with Gasteiger partial charge in [-0.05, 0) is 6.92 Å². The molecule has 27 heavy (non-hydrogen) atoms. The van der Waals surface area contributed by atoms with Gasteiger partial charge in [0, 0.05) is 33.9 Å². The maximum atomic E-state index is 13.2. The predicted molar refractivity (Wildman–Crippen MR) is 91.5 cm³/mol. The van der Waals surface area contributed by atoms with Crippen molar-refractivity contribution in [1.82, 2.24) is 4.90 Å². The number of hydrogen-bond donors (Lipinski definition) is 1. The zero-order valence-corrected chi connectivity index (χ0v) is 14.7. The highest BCUT2D eigenvalue weighted by atomic mass is 16.6. The number of rotatable bonds is 6. The molecule has 1 fully saturated rings. The molecule has 1 aromatic rings.